The van der Waals surface area contributed by atoms with Gasteiger partial charge in [-0.1, -0.05) is 25.5 Å². The molecule has 2 aromatic rings. The Hall–Kier alpha value is -3.36. The van der Waals surface area contributed by atoms with Gasteiger partial charge in [-0.3, -0.25) is 0 Å². The van der Waals surface area contributed by atoms with E-state index in [9.17, 15) is 9.59 Å². The van der Waals surface area contributed by atoms with Gasteiger partial charge in [0.15, 0.2) is 0 Å². The lowest BCUT2D eigenvalue weighted by atomic mass is 9.91. The first-order valence-corrected chi connectivity index (χ1v) is 13.6. The van der Waals surface area contributed by atoms with Gasteiger partial charge in [0.2, 0.25) is 5.95 Å². The molecule has 0 radical (unpaired) electrons. The molecule has 0 bridgehead atoms. The number of benzene rings is 1. The highest BCUT2D eigenvalue weighted by Gasteiger charge is 2.25. The first-order valence-electron chi connectivity index (χ1n) is 13.6. The zero-order valence-corrected chi connectivity index (χ0v) is 22.3. The molecule has 2 aliphatic rings. The highest BCUT2D eigenvalue weighted by atomic mass is 16.5. The molecule has 0 atom stereocenters. The molecule has 9 heteroatoms. The molecule has 0 aliphatic heterocycles. The highest BCUT2D eigenvalue weighted by Crippen LogP contribution is 2.29. The van der Waals surface area contributed by atoms with Gasteiger partial charge in [-0.05, 0) is 69.9 Å². The molecule has 4 rings (SSSR count). The van der Waals surface area contributed by atoms with Gasteiger partial charge < -0.3 is 25.6 Å². The van der Waals surface area contributed by atoms with Gasteiger partial charge in [-0.25, -0.2) is 14.6 Å². The van der Waals surface area contributed by atoms with Crippen LogP contribution in [0.4, 0.5) is 22.2 Å². The Morgan fingerprint density at radius 2 is 1.76 bits per heavy atom. The van der Waals surface area contributed by atoms with Crippen LogP contribution in [0.2, 0.25) is 0 Å². The van der Waals surface area contributed by atoms with E-state index >= 15 is 0 Å². The predicted molar refractivity (Wildman–Crippen MR) is 146 cm³/mol. The van der Waals surface area contributed by atoms with E-state index in [0.717, 1.165) is 57.2 Å². The standard InChI is InChI=1S/C28H40N6O3/c1-4-5-18-37-26(35)22-11-7-9-13-24(22)32-28(36)30-20-16-14-19(15-17-20)29-27-31-23-12-8-6-10-21(23)25(33-27)34(2)3/h7,9,11,13,19-20H,4-6,8,10,12,14-18H2,1-3H3,(H,29,31,33)(H2,30,32,36). The summed E-state index contributed by atoms with van der Waals surface area (Å²) in [6.07, 6.45) is 9.76. The van der Waals surface area contributed by atoms with Crippen molar-refractivity contribution in [3.63, 3.8) is 0 Å². The lowest BCUT2D eigenvalue weighted by Gasteiger charge is -2.30. The van der Waals surface area contributed by atoms with Gasteiger partial charge in [-0.15, -0.1) is 0 Å². The first kappa shape index (κ1) is 26.7. The van der Waals surface area contributed by atoms with Crippen molar-refractivity contribution in [1.29, 1.82) is 0 Å². The number of para-hydroxylation sites is 1. The van der Waals surface area contributed by atoms with Gasteiger partial charge in [-0.2, -0.15) is 4.98 Å². The van der Waals surface area contributed by atoms with E-state index in [1.54, 1.807) is 24.3 Å². The number of aryl methyl sites for hydroxylation is 1. The number of unbranched alkanes of at least 4 members (excludes halogenated alkanes) is 1. The molecule has 1 fully saturated rings. The molecule has 0 saturated heterocycles. The van der Waals surface area contributed by atoms with E-state index in [0.29, 0.717) is 23.8 Å². The number of urea groups is 1. The van der Waals surface area contributed by atoms with Gasteiger partial charge in [0, 0.05) is 31.7 Å². The Kier molecular flexibility index (Phi) is 9.19. The zero-order valence-electron chi connectivity index (χ0n) is 22.3. The van der Waals surface area contributed by atoms with Crippen molar-refractivity contribution in [2.45, 2.75) is 83.2 Å². The third-order valence-electron chi connectivity index (χ3n) is 7.11. The van der Waals surface area contributed by atoms with Crippen LogP contribution in [0.25, 0.3) is 0 Å². The second kappa shape index (κ2) is 12.7. The molecular formula is C28H40N6O3. The van der Waals surface area contributed by atoms with E-state index in [-0.39, 0.29) is 18.1 Å². The van der Waals surface area contributed by atoms with Crippen LogP contribution in [-0.2, 0) is 17.6 Å². The maximum absolute atomic E-state index is 12.7. The van der Waals surface area contributed by atoms with Crippen molar-refractivity contribution in [2.75, 3.05) is 36.2 Å². The van der Waals surface area contributed by atoms with Gasteiger partial charge in [0.05, 0.1) is 23.6 Å². The summed E-state index contributed by atoms with van der Waals surface area (Å²) in [6.45, 7) is 2.42. The first-order chi connectivity index (χ1) is 17.9. The molecule has 1 aromatic heterocycles. The number of anilines is 3. The molecule has 2 aliphatic carbocycles. The Morgan fingerprint density at radius 3 is 2.51 bits per heavy atom. The highest BCUT2D eigenvalue weighted by molar-refractivity contribution is 6.00. The average molecular weight is 509 g/mol. The molecule has 1 saturated carbocycles. The second-order valence-electron chi connectivity index (χ2n) is 10.2. The number of esters is 1. The summed E-state index contributed by atoms with van der Waals surface area (Å²) in [5.74, 6) is 1.31. The number of amides is 2. The molecule has 0 unspecified atom stereocenters. The van der Waals surface area contributed by atoms with Gasteiger partial charge >= 0.3 is 12.0 Å². The van der Waals surface area contributed by atoms with Crippen molar-refractivity contribution >= 4 is 29.5 Å². The number of hydrogen-bond donors (Lipinski definition) is 3. The molecule has 3 N–H and O–H groups in total. The van der Waals surface area contributed by atoms with E-state index in [4.69, 9.17) is 14.7 Å². The van der Waals surface area contributed by atoms with Gasteiger partial charge in [0.25, 0.3) is 0 Å². The van der Waals surface area contributed by atoms with E-state index in [1.165, 1.54) is 24.1 Å². The fourth-order valence-corrected chi connectivity index (χ4v) is 5.07. The predicted octanol–water partition coefficient (Wildman–Crippen LogP) is 4.92. The molecule has 37 heavy (non-hydrogen) atoms. The molecule has 9 nitrogen and oxygen atoms in total. The molecule has 2 amide bonds. The van der Waals surface area contributed by atoms with E-state index in [1.807, 2.05) is 21.0 Å². The normalized spacial score (nSPS) is 18.9. The molecule has 1 heterocycles. The third-order valence-corrected chi connectivity index (χ3v) is 7.11. The number of hydrogen-bond acceptors (Lipinski definition) is 7. The SMILES string of the molecule is CCCCOC(=O)c1ccccc1NC(=O)NC1CCC(Nc2nc3c(c(N(C)C)n2)CCCC3)CC1. The lowest BCUT2D eigenvalue weighted by Crippen LogP contribution is -2.42. The smallest absolute Gasteiger partial charge is 0.340 e. The summed E-state index contributed by atoms with van der Waals surface area (Å²) < 4.78 is 5.32. The number of carbonyl (C=O) groups is 2. The minimum Gasteiger partial charge on any atom is -0.462 e. The van der Waals surface area contributed by atoms with Crippen LogP contribution in [0.5, 0.6) is 0 Å². The number of rotatable bonds is 9. The number of nitrogens with zero attached hydrogens (tertiary/aromatic N) is 3. The zero-order chi connectivity index (χ0) is 26.2. The summed E-state index contributed by atoms with van der Waals surface area (Å²) in [5, 5.41) is 9.45. The second-order valence-corrected chi connectivity index (χ2v) is 10.2. The largest absolute Gasteiger partial charge is 0.462 e. The maximum atomic E-state index is 12.7. The fraction of sp³-hybridized carbons (Fsp3) is 0.571. The number of aromatic nitrogens is 2. The fourth-order valence-electron chi connectivity index (χ4n) is 5.07. The van der Waals surface area contributed by atoms with Crippen molar-refractivity contribution in [3.05, 3.63) is 41.1 Å². The summed E-state index contributed by atoms with van der Waals surface area (Å²) in [5.41, 5.74) is 3.28. The maximum Gasteiger partial charge on any atom is 0.340 e. The van der Waals surface area contributed by atoms with Crippen LogP contribution in [0.1, 0.15) is 79.9 Å². The quantitative estimate of drug-likeness (QED) is 0.326. The number of ether oxygens (including phenoxy) is 1. The van der Waals surface area contributed by atoms with Crippen molar-refractivity contribution in [2.24, 2.45) is 0 Å². The summed E-state index contributed by atoms with van der Waals surface area (Å²) >= 11 is 0. The monoisotopic (exact) mass is 508 g/mol. The summed E-state index contributed by atoms with van der Waals surface area (Å²) in [6, 6.07) is 6.99. The Bertz CT molecular complexity index is 1080. The lowest BCUT2D eigenvalue weighted by molar-refractivity contribution is 0.0501. The number of fused-ring (bicyclic) bond motifs is 1. The Labute approximate surface area is 219 Å². The number of nitrogens with one attached hydrogen (secondary N) is 3. The van der Waals surface area contributed by atoms with E-state index < -0.39 is 5.97 Å². The van der Waals surface area contributed by atoms with Crippen LogP contribution >= 0.6 is 0 Å². The van der Waals surface area contributed by atoms with Crippen molar-refractivity contribution < 1.29 is 14.3 Å². The Morgan fingerprint density at radius 1 is 1.03 bits per heavy atom. The molecular weight excluding hydrogens is 468 g/mol. The van der Waals surface area contributed by atoms with Crippen LogP contribution in [0.3, 0.4) is 0 Å². The minimum atomic E-state index is -0.419. The van der Waals surface area contributed by atoms with E-state index in [2.05, 4.69) is 20.9 Å². The third kappa shape index (κ3) is 7.11. The topological polar surface area (TPSA) is 108 Å². The summed E-state index contributed by atoms with van der Waals surface area (Å²) in [4.78, 5) is 36.9. The van der Waals surface area contributed by atoms with Crippen molar-refractivity contribution in [1.82, 2.24) is 15.3 Å². The average Bonchev–Trinajstić information content (AvgIpc) is 2.89. The van der Waals surface area contributed by atoms with Crippen molar-refractivity contribution in [3.8, 4) is 0 Å². The molecule has 0 spiro atoms. The number of carbonyl (C=O) groups excluding carboxylic acids is 2. The van der Waals surface area contributed by atoms with Gasteiger partial charge in [0.1, 0.15) is 5.82 Å². The van der Waals surface area contributed by atoms with Crippen LogP contribution < -0.4 is 20.9 Å². The summed E-state index contributed by atoms with van der Waals surface area (Å²) in [7, 11) is 4.08. The minimum absolute atomic E-state index is 0.0727. The van der Waals surface area contributed by atoms with Crippen LogP contribution in [-0.4, -0.2) is 54.8 Å². The molecule has 1 aromatic carbocycles. The molecule has 200 valence electrons. The Balaban J connectivity index is 1.28. The van der Waals surface area contributed by atoms with Crippen LogP contribution in [0.15, 0.2) is 24.3 Å². The van der Waals surface area contributed by atoms with Crippen LogP contribution in [0, 0.1) is 0 Å².